The van der Waals surface area contributed by atoms with Crippen LogP contribution in [0.15, 0.2) is 34.4 Å². The zero-order chi connectivity index (χ0) is 14.7. The smallest absolute Gasteiger partial charge is 0.262 e. The summed E-state index contributed by atoms with van der Waals surface area (Å²) >= 11 is 2.86. The molecule has 1 amide bonds. The normalized spacial score (nSPS) is 11.1. The number of thiazole rings is 2. The van der Waals surface area contributed by atoms with E-state index in [4.69, 9.17) is 4.42 Å². The van der Waals surface area contributed by atoms with Crippen molar-refractivity contribution in [2.75, 3.05) is 7.05 Å². The predicted molar refractivity (Wildman–Crippen MR) is 84.2 cm³/mol. The average Bonchev–Trinajstić information content (AvgIpc) is 3.23. The highest BCUT2D eigenvalue weighted by atomic mass is 32.1. The topological polar surface area (TPSA) is 68.0 Å². The average molecular weight is 317 g/mol. The number of amides is 1. The van der Waals surface area contributed by atoms with E-state index in [1.54, 1.807) is 19.5 Å². The first-order valence-electron chi connectivity index (χ1n) is 6.11. The van der Waals surface area contributed by atoms with E-state index in [1.807, 2.05) is 29.7 Å². The number of hydrogen-bond acceptors (Lipinski definition) is 6. The number of carbonyl (C=O) groups excluding carboxylic acids is 1. The summed E-state index contributed by atoms with van der Waals surface area (Å²) in [5.41, 5.74) is 0.836. The second-order valence-corrected chi connectivity index (χ2v) is 5.95. The molecule has 0 saturated carbocycles. The molecule has 3 rings (SSSR count). The highest BCUT2D eigenvalue weighted by Gasteiger charge is 2.08. The largest absolute Gasteiger partial charge is 0.462 e. The van der Waals surface area contributed by atoms with Crippen LogP contribution >= 0.6 is 22.7 Å². The molecule has 0 radical (unpaired) electrons. The monoisotopic (exact) mass is 317 g/mol. The molecule has 5 nitrogen and oxygen atoms in total. The predicted octanol–water partition coefficient (Wildman–Crippen LogP) is 3.39. The van der Waals surface area contributed by atoms with Crippen LogP contribution in [0.3, 0.4) is 0 Å². The van der Waals surface area contributed by atoms with Crippen molar-refractivity contribution in [3.63, 3.8) is 0 Å². The second-order valence-electron chi connectivity index (χ2n) is 4.03. The minimum absolute atomic E-state index is 0.124. The lowest BCUT2D eigenvalue weighted by molar-refractivity contribution is 0.0967. The summed E-state index contributed by atoms with van der Waals surface area (Å²) in [6, 6.07) is 3.71. The van der Waals surface area contributed by atoms with Gasteiger partial charge in [0, 0.05) is 12.4 Å². The van der Waals surface area contributed by atoms with Crippen molar-refractivity contribution in [1.29, 1.82) is 0 Å². The van der Waals surface area contributed by atoms with Gasteiger partial charge in [-0.1, -0.05) is 0 Å². The molecule has 1 N–H and O–H groups in total. The van der Waals surface area contributed by atoms with Gasteiger partial charge in [0.15, 0.2) is 10.8 Å². The van der Waals surface area contributed by atoms with Crippen molar-refractivity contribution in [3.8, 4) is 10.8 Å². The highest BCUT2D eigenvalue weighted by molar-refractivity contribution is 7.14. The summed E-state index contributed by atoms with van der Waals surface area (Å²) in [5.74, 6) is 0.636. The minimum Gasteiger partial charge on any atom is -0.462 e. The van der Waals surface area contributed by atoms with Crippen molar-refractivity contribution in [3.05, 3.63) is 45.6 Å². The summed E-state index contributed by atoms with van der Waals surface area (Å²) < 4.78 is 5.31. The molecule has 0 atom stereocenters. The number of nitrogens with one attached hydrogen (secondary N) is 1. The molecule has 7 heteroatoms. The van der Waals surface area contributed by atoms with Crippen molar-refractivity contribution >= 4 is 40.7 Å². The van der Waals surface area contributed by atoms with Gasteiger partial charge in [0.1, 0.15) is 9.88 Å². The van der Waals surface area contributed by atoms with E-state index in [0.717, 1.165) is 21.5 Å². The number of rotatable bonds is 4. The standard InChI is InChI=1S/C14H11N3O2S2/c1-15-13(18)11-7-16-12(21-11)5-4-9-8-20-14(17-9)10-3-2-6-19-10/h2-8H,1H3,(H,15,18)/b5-4-. The molecule has 0 fully saturated rings. The van der Waals surface area contributed by atoms with E-state index in [-0.39, 0.29) is 5.91 Å². The molecule has 0 saturated heterocycles. The molecular weight excluding hydrogens is 306 g/mol. The zero-order valence-electron chi connectivity index (χ0n) is 11.1. The highest BCUT2D eigenvalue weighted by Crippen LogP contribution is 2.25. The lowest BCUT2D eigenvalue weighted by atomic mass is 10.4. The van der Waals surface area contributed by atoms with Crippen LogP contribution in [0.5, 0.6) is 0 Å². The quantitative estimate of drug-likeness (QED) is 0.801. The molecule has 3 aromatic heterocycles. The molecule has 106 valence electrons. The third-order valence-electron chi connectivity index (χ3n) is 2.63. The van der Waals surface area contributed by atoms with Gasteiger partial charge in [0.25, 0.3) is 5.91 Å². The first-order valence-corrected chi connectivity index (χ1v) is 7.81. The van der Waals surface area contributed by atoms with Crippen LogP contribution in [0.4, 0.5) is 0 Å². The summed E-state index contributed by atoms with van der Waals surface area (Å²) in [7, 11) is 1.60. The summed E-state index contributed by atoms with van der Waals surface area (Å²) in [4.78, 5) is 20.7. The maximum Gasteiger partial charge on any atom is 0.262 e. The van der Waals surface area contributed by atoms with E-state index < -0.39 is 0 Å². The molecule has 0 spiro atoms. The molecule has 21 heavy (non-hydrogen) atoms. The fraction of sp³-hybridized carbons (Fsp3) is 0.0714. The SMILES string of the molecule is CNC(=O)c1cnc(/C=C\c2csc(-c3ccco3)n2)s1. The Hall–Kier alpha value is -2.25. The number of nitrogens with zero attached hydrogens (tertiary/aromatic N) is 2. The Bertz CT molecular complexity index is 772. The maximum absolute atomic E-state index is 11.4. The van der Waals surface area contributed by atoms with E-state index in [0.29, 0.717) is 4.88 Å². The fourth-order valence-corrected chi connectivity index (χ4v) is 3.15. The van der Waals surface area contributed by atoms with Crippen molar-refractivity contribution in [2.24, 2.45) is 0 Å². The van der Waals surface area contributed by atoms with Gasteiger partial charge < -0.3 is 9.73 Å². The van der Waals surface area contributed by atoms with E-state index in [9.17, 15) is 4.79 Å². The van der Waals surface area contributed by atoms with Crippen molar-refractivity contribution < 1.29 is 9.21 Å². The summed E-state index contributed by atoms with van der Waals surface area (Å²) in [6.45, 7) is 0. The number of aromatic nitrogens is 2. The molecule has 0 aliphatic carbocycles. The Balaban J connectivity index is 1.74. The van der Waals surface area contributed by atoms with Gasteiger partial charge in [-0.25, -0.2) is 9.97 Å². The zero-order valence-corrected chi connectivity index (χ0v) is 12.7. The van der Waals surface area contributed by atoms with E-state index >= 15 is 0 Å². The van der Waals surface area contributed by atoms with Crippen LogP contribution < -0.4 is 5.32 Å². The Morgan fingerprint density at radius 3 is 3.10 bits per heavy atom. The third kappa shape index (κ3) is 3.09. The van der Waals surface area contributed by atoms with E-state index in [2.05, 4.69) is 15.3 Å². The second kappa shape index (κ2) is 6.02. The van der Waals surface area contributed by atoms with Gasteiger partial charge in [-0.2, -0.15) is 0 Å². The number of furan rings is 1. The van der Waals surface area contributed by atoms with Crippen molar-refractivity contribution in [1.82, 2.24) is 15.3 Å². The molecule has 0 aliphatic rings. The molecule has 3 aromatic rings. The van der Waals surface area contributed by atoms with Crippen LogP contribution in [-0.4, -0.2) is 22.9 Å². The Kier molecular flexibility index (Phi) is 3.94. The van der Waals surface area contributed by atoms with Crippen LogP contribution in [0, 0.1) is 0 Å². The van der Waals surface area contributed by atoms with E-state index in [1.165, 1.54) is 22.7 Å². The minimum atomic E-state index is -0.124. The molecule has 3 heterocycles. The summed E-state index contributed by atoms with van der Waals surface area (Å²) in [5, 5.41) is 6.12. The van der Waals surface area contributed by atoms with Crippen LogP contribution in [0.1, 0.15) is 20.4 Å². The first kappa shape index (κ1) is 13.7. The summed E-state index contributed by atoms with van der Waals surface area (Å²) in [6.07, 6.45) is 6.91. The van der Waals surface area contributed by atoms with Crippen LogP contribution in [-0.2, 0) is 0 Å². The van der Waals surface area contributed by atoms with Gasteiger partial charge >= 0.3 is 0 Å². The molecule has 0 aromatic carbocycles. The van der Waals surface area contributed by atoms with Crippen LogP contribution in [0.25, 0.3) is 22.9 Å². The van der Waals surface area contributed by atoms with Gasteiger partial charge in [-0.3, -0.25) is 4.79 Å². The van der Waals surface area contributed by atoms with Gasteiger partial charge in [0.2, 0.25) is 0 Å². The molecule has 0 bridgehead atoms. The Morgan fingerprint density at radius 1 is 1.43 bits per heavy atom. The molecule has 0 unspecified atom stereocenters. The number of carbonyl (C=O) groups is 1. The van der Waals surface area contributed by atoms with Crippen molar-refractivity contribution in [2.45, 2.75) is 0 Å². The van der Waals surface area contributed by atoms with Gasteiger partial charge in [0.05, 0.1) is 18.2 Å². The molecular formula is C14H11N3O2S2. The Labute approximate surface area is 129 Å². The Morgan fingerprint density at radius 2 is 2.33 bits per heavy atom. The van der Waals surface area contributed by atoms with Crippen LogP contribution in [0.2, 0.25) is 0 Å². The third-order valence-corrected chi connectivity index (χ3v) is 4.46. The van der Waals surface area contributed by atoms with Gasteiger partial charge in [-0.15, -0.1) is 22.7 Å². The number of hydrogen-bond donors (Lipinski definition) is 1. The maximum atomic E-state index is 11.4. The lowest BCUT2D eigenvalue weighted by Gasteiger charge is -1.90. The fourth-order valence-electron chi connectivity index (χ4n) is 1.63. The lowest BCUT2D eigenvalue weighted by Crippen LogP contribution is -2.16. The first-order chi connectivity index (χ1) is 10.3. The van der Waals surface area contributed by atoms with Gasteiger partial charge in [-0.05, 0) is 24.3 Å². The molecule has 0 aliphatic heterocycles.